The molecule has 4 N–H and O–H groups in total. The van der Waals surface area contributed by atoms with Gasteiger partial charge in [-0.1, -0.05) is 40.5 Å². The zero-order valence-corrected chi connectivity index (χ0v) is 48.9. The number of aromatic nitrogens is 6. The molecule has 3 aromatic heterocycles. The summed E-state index contributed by atoms with van der Waals surface area (Å²) in [5.74, 6) is -3.23. The molecule has 0 radical (unpaired) electrons. The van der Waals surface area contributed by atoms with Crippen LogP contribution in [0.25, 0.3) is 22.4 Å². The number of ether oxygens (including phenoxy) is 6. The Labute approximate surface area is 469 Å². The number of esters is 4. The summed E-state index contributed by atoms with van der Waals surface area (Å²) in [7, 11) is -5.25. The fourth-order valence-corrected chi connectivity index (χ4v) is 10.8. The van der Waals surface area contributed by atoms with E-state index < -0.39 is 61.3 Å². The number of rotatable bonds is 30. The molecule has 0 aliphatic carbocycles. The van der Waals surface area contributed by atoms with Crippen molar-refractivity contribution >= 4 is 72.5 Å². The van der Waals surface area contributed by atoms with E-state index in [1.165, 1.54) is 74.4 Å². The number of nitrogens with two attached hydrogens (primary N) is 1. The number of amides is 2. The minimum atomic E-state index is -4.27. The van der Waals surface area contributed by atoms with Gasteiger partial charge in [-0.3, -0.25) is 42.9 Å². The van der Waals surface area contributed by atoms with Crippen LogP contribution in [0, 0.1) is 0 Å². The predicted octanol–water partition coefficient (Wildman–Crippen LogP) is 3.81. The van der Waals surface area contributed by atoms with Crippen LogP contribution in [-0.4, -0.2) is 156 Å². The number of aryl methyl sites for hydroxylation is 4. The van der Waals surface area contributed by atoms with Gasteiger partial charge >= 0.3 is 23.9 Å². The first-order valence-electron chi connectivity index (χ1n) is 26.0. The van der Waals surface area contributed by atoms with E-state index in [9.17, 15) is 50.4 Å². The predicted molar refractivity (Wildman–Crippen MR) is 294 cm³/mol. The lowest BCUT2D eigenvalue weighted by Crippen LogP contribution is -2.37. The number of sulfonamides is 2. The number of fused-ring (bicyclic) bond motifs is 1. The van der Waals surface area contributed by atoms with Crippen LogP contribution in [0.15, 0.2) is 51.0 Å². The van der Waals surface area contributed by atoms with Crippen LogP contribution in [0.4, 0.5) is 5.69 Å². The minimum Gasteiger partial charge on any atom is -0.493 e. The maximum Gasteiger partial charge on any atom is 0.302 e. The van der Waals surface area contributed by atoms with E-state index in [1.807, 2.05) is 27.7 Å². The van der Waals surface area contributed by atoms with Gasteiger partial charge < -0.3 is 44.5 Å². The van der Waals surface area contributed by atoms with Crippen molar-refractivity contribution in [2.75, 3.05) is 71.1 Å². The molecule has 0 saturated heterocycles. The van der Waals surface area contributed by atoms with Gasteiger partial charge in [-0.2, -0.15) is 18.8 Å². The summed E-state index contributed by atoms with van der Waals surface area (Å²) in [6, 6.07) is 8.07. The van der Waals surface area contributed by atoms with Crippen LogP contribution in [0.2, 0.25) is 0 Å². The number of carbonyl (C=O) groups is 6. The number of nitrogens with zero attached hydrogens (tertiary/aromatic N) is 7. The van der Waals surface area contributed by atoms with Crippen molar-refractivity contribution in [3.05, 3.63) is 69.4 Å². The van der Waals surface area contributed by atoms with Gasteiger partial charge in [0.25, 0.3) is 17.4 Å². The Morgan fingerprint density at radius 2 is 1.06 bits per heavy atom. The normalized spacial score (nSPS) is 11.5. The summed E-state index contributed by atoms with van der Waals surface area (Å²) in [5, 5.41) is 11.4. The molecule has 2 amide bonds. The Morgan fingerprint density at radius 3 is 1.52 bits per heavy atom. The molecule has 0 aliphatic rings. The molecule has 0 bridgehead atoms. The highest BCUT2D eigenvalue weighted by atomic mass is 32.2. The minimum absolute atomic E-state index is 0.0104. The summed E-state index contributed by atoms with van der Waals surface area (Å²) in [5.41, 5.74) is 7.26. The molecule has 2 aromatic carbocycles. The average molecular weight is 1170 g/mol. The molecule has 29 heteroatoms. The van der Waals surface area contributed by atoms with Crippen molar-refractivity contribution in [3.8, 4) is 22.9 Å². The molecule has 27 nitrogen and oxygen atoms in total. The van der Waals surface area contributed by atoms with Gasteiger partial charge in [0.1, 0.15) is 55.0 Å². The summed E-state index contributed by atoms with van der Waals surface area (Å²) >= 11 is 0. The number of nitrogens with one attached hydrogen (secondary N) is 2. The molecule has 0 saturated carbocycles. The van der Waals surface area contributed by atoms with E-state index in [0.29, 0.717) is 66.9 Å². The van der Waals surface area contributed by atoms with E-state index in [4.69, 9.17) is 34.2 Å². The number of benzene rings is 2. The van der Waals surface area contributed by atoms with Gasteiger partial charge in [0, 0.05) is 68.0 Å². The maximum absolute atomic E-state index is 13.7. The first-order chi connectivity index (χ1) is 38.3. The Morgan fingerprint density at radius 1 is 0.617 bits per heavy atom. The number of anilines is 1. The number of primary amides is 1. The Bertz CT molecular complexity index is 3300. The third kappa shape index (κ3) is 18.1. The molecule has 0 spiro atoms. The molecule has 0 fully saturated rings. The second-order valence-corrected chi connectivity index (χ2v) is 21.9. The molecule has 0 atom stereocenters. The van der Waals surface area contributed by atoms with Crippen molar-refractivity contribution < 1.29 is 74.0 Å². The number of hydrogen-bond donors (Lipinski definition) is 3. The van der Waals surface area contributed by atoms with Crippen molar-refractivity contribution in [2.45, 2.75) is 104 Å². The van der Waals surface area contributed by atoms with Crippen LogP contribution in [0.1, 0.15) is 113 Å². The Hall–Kier alpha value is -7.76. The number of aromatic amines is 1. The molecule has 444 valence electrons. The highest BCUT2D eigenvalue weighted by molar-refractivity contribution is 7.89. The van der Waals surface area contributed by atoms with Crippen molar-refractivity contribution in [1.82, 2.24) is 38.1 Å². The summed E-state index contributed by atoms with van der Waals surface area (Å²) < 4.78 is 90.8. The average Bonchev–Trinajstić information content (AvgIpc) is 3.92. The molecule has 81 heavy (non-hydrogen) atoms. The maximum atomic E-state index is 13.7. The van der Waals surface area contributed by atoms with Gasteiger partial charge in [0.05, 0.1) is 51.2 Å². The van der Waals surface area contributed by atoms with E-state index >= 15 is 0 Å². The highest BCUT2D eigenvalue weighted by Crippen LogP contribution is 2.33. The third-order valence-electron chi connectivity index (χ3n) is 11.5. The Kier molecular flexibility index (Phi) is 24.9. The van der Waals surface area contributed by atoms with Crippen LogP contribution in [0.3, 0.4) is 0 Å². The lowest BCUT2D eigenvalue weighted by Gasteiger charge is -2.22. The molecular formula is C52H72N10O17S2. The van der Waals surface area contributed by atoms with Crippen molar-refractivity contribution in [1.29, 1.82) is 0 Å². The third-order valence-corrected chi connectivity index (χ3v) is 15.3. The summed E-state index contributed by atoms with van der Waals surface area (Å²) in [4.78, 5) is 90.8. The highest BCUT2D eigenvalue weighted by Gasteiger charge is 2.30. The number of H-pyrrole nitrogens is 1. The fourth-order valence-electron chi connectivity index (χ4n) is 7.91. The van der Waals surface area contributed by atoms with Crippen LogP contribution >= 0.6 is 0 Å². The van der Waals surface area contributed by atoms with E-state index in [2.05, 4.69) is 25.5 Å². The zero-order chi connectivity index (χ0) is 60.2. The molecule has 0 aliphatic heterocycles. The van der Waals surface area contributed by atoms with Crippen LogP contribution in [-0.2, 0) is 85.1 Å². The first-order valence-corrected chi connectivity index (χ1v) is 28.9. The SMILES string of the molecule is CCCOc1ccc(S(=O)(=O)N(CCOC(C)=O)CCOC(C)=O)cc1-c1nc2c(CCC)nn(C)c2c(=O)[nH]1.CCCOc1ccc(S(=O)(=O)N(CCOC(C)=O)CCOC(C)=O)cc1C(=O)Nc1c(CCC)nn(C)c1C(N)=O. The smallest absolute Gasteiger partial charge is 0.302 e. The topological polar surface area (TPSA) is 352 Å². The standard InChI is InChI=1S/C26H37N5O9S.C26H35N5O8S/c1-6-8-21-23(24(25(27)34)30(5)29-21)28-26(35)20-16-19(9-10-22(20)40-13-7-2)41(36,37)31(11-14-38-17(3)32)12-15-39-18(4)33;1-6-8-21-23-24(30(5)29-21)26(34)28-25(27-23)20-16-19(9-10-22(20)39-13-7-2)40(35,36)31(11-14-37-17(3)32)12-15-38-18(4)33/h9-10,16H,6-8,11-15H2,1-5H3,(H2,27,34)(H,28,35);9-10,16H,6-8,11-15H2,1-5H3,(H,27,28,34). The van der Waals surface area contributed by atoms with Crippen LogP contribution in [0.5, 0.6) is 11.5 Å². The molecule has 5 rings (SSSR count). The first kappa shape index (κ1) is 65.8. The second-order valence-electron chi connectivity index (χ2n) is 18.0. The fraction of sp³-hybridized carbons (Fsp3) is 0.500. The summed E-state index contributed by atoms with van der Waals surface area (Å²) in [6.45, 7) is 11.5. The van der Waals surface area contributed by atoms with Gasteiger partial charge in [-0.05, 0) is 62.1 Å². The quantitative estimate of drug-likeness (QED) is 0.0434. The molecular weight excluding hydrogens is 1100 g/mol. The lowest BCUT2D eigenvalue weighted by molar-refractivity contribution is -0.143. The van der Waals surface area contributed by atoms with E-state index in [-0.39, 0.29) is 103 Å². The summed E-state index contributed by atoms with van der Waals surface area (Å²) in [6.07, 6.45) is 3.85. The molecule has 3 heterocycles. The number of hydrogen-bond acceptors (Lipinski definition) is 20. The largest absolute Gasteiger partial charge is 0.493 e. The van der Waals surface area contributed by atoms with Gasteiger partial charge in [0.2, 0.25) is 20.0 Å². The van der Waals surface area contributed by atoms with Gasteiger partial charge in [0.15, 0.2) is 5.52 Å². The Balaban J connectivity index is 0.000000348. The second kappa shape index (κ2) is 30.7. The van der Waals surface area contributed by atoms with Crippen molar-refractivity contribution in [3.63, 3.8) is 0 Å². The van der Waals surface area contributed by atoms with Gasteiger partial charge in [-0.25, -0.2) is 21.8 Å². The zero-order valence-electron chi connectivity index (χ0n) is 47.2. The molecule has 0 unspecified atom stereocenters. The molecule has 5 aromatic rings. The van der Waals surface area contributed by atoms with E-state index in [0.717, 1.165) is 21.1 Å². The van der Waals surface area contributed by atoms with Gasteiger partial charge in [-0.15, -0.1) is 0 Å². The van der Waals surface area contributed by atoms with E-state index in [1.54, 1.807) is 7.05 Å². The lowest BCUT2D eigenvalue weighted by atomic mass is 10.1. The monoisotopic (exact) mass is 1170 g/mol. The van der Waals surface area contributed by atoms with Crippen molar-refractivity contribution in [2.24, 2.45) is 19.8 Å². The van der Waals surface area contributed by atoms with Crippen LogP contribution < -0.4 is 26.1 Å². The number of carbonyl (C=O) groups excluding carboxylic acids is 6.